The highest BCUT2D eigenvalue weighted by Gasteiger charge is 2.00. The van der Waals surface area contributed by atoms with E-state index in [0.717, 1.165) is 13.0 Å². The summed E-state index contributed by atoms with van der Waals surface area (Å²) in [5.74, 6) is 0.636. The van der Waals surface area contributed by atoms with Gasteiger partial charge in [0.05, 0.1) is 12.2 Å². The Morgan fingerprint density at radius 2 is 1.79 bits per heavy atom. The molecule has 0 bridgehead atoms. The number of para-hydroxylation sites is 1. The number of hydrogen-bond acceptors (Lipinski definition) is 3. The van der Waals surface area contributed by atoms with Crippen molar-refractivity contribution in [1.82, 2.24) is 0 Å². The molecule has 0 amide bonds. The fourth-order valence-electron chi connectivity index (χ4n) is 1.81. The van der Waals surface area contributed by atoms with Gasteiger partial charge in [0.2, 0.25) is 0 Å². The predicted molar refractivity (Wildman–Crippen MR) is 76.2 cm³/mol. The van der Waals surface area contributed by atoms with Crippen LogP contribution in [0.15, 0.2) is 24.3 Å². The quantitative estimate of drug-likeness (QED) is 0.599. The smallest absolute Gasteiger partial charge is 0.137 e. The summed E-state index contributed by atoms with van der Waals surface area (Å²) in [7, 11) is 0. The first-order chi connectivity index (χ1) is 9.38. The maximum absolute atomic E-state index is 8.90. The molecule has 0 N–H and O–H groups in total. The van der Waals surface area contributed by atoms with Crippen molar-refractivity contribution in [3.05, 3.63) is 29.8 Å². The zero-order valence-electron chi connectivity index (χ0n) is 11.7. The van der Waals surface area contributed by atoms with Gasteiger partial charge in [-0.25, -0.2) is 0 Å². The minimum Gasteiger partial charge on any atom is -0.490 e. The standard InChI is InChI=1S/C16H23NO2/c1-2-3-4-5-8-11-18-12-13-19-16-10-7-6-9-15(16)14-17/h6-7,9-10H,2-5,8,11-13H2,1H3. The van der Waals surface area contributed by atoms with Crippen LogP contribution in [-0.4, -0.2) is 19.8 Å². The molecule has 0 unspecified atom stereocenters. The third-order valence-corrected chi connectivity index (χ3v) is 2.88. The molecular formula is C16H23NO2. The topological polar surface area (TPSA) is 42.2 Å². The Kier molecular flexibility index (Phi) is 8.50. The van der Waals surface area contributed by atoms with Gasteiger partial charge in [0, 0.05) is 6.61 Å². The van der Waals surface area contributed by atoms with E-state index in [1.807, 2.05) is 18.2 Å². The SMILES string of the molecule is CCCCCCCOCCOc1ccccc1C#N. The summed E-state index contributed by atoms with van der Waals surface area (Å²) in [4.78, 5) is 0. The second-order valence-corrected chi connectivity index (χ2v) is 4.48. The summed E-state index contributed by atoms with van der Waals surface area (Å²) in [6, 6.07) is 9.37. The second kappa shape index (κ2) is 10.4. The van der Waals surface area contributed by atoms with Crippen molar-refractivity contribution in [3.63, 3.8) is 0 Å². The molecule has 0 aliphatic carbocycles. The highest BCUT2D eigenvalue weighted by atomic mass is 16.5. The number of hydrogen-bond donors (Lipinski definition) is 0. The van der Waals surface area contributed by atoms with Gasteiger partial charge in [-0.05, 0) is 18.6 Å². The molecule has 0 aliphatic heterocycles. The van der Waals surface area contributed by atoms with Crippen LogP contribution < -0.4 is 4.74 Å². The average molecular weight is 261 g/mol. The van der Waals surface area contributed by atoms with E-state index >= 15 is 0 Å². The minimum absolute atomic E-state index is 0.494. The number of nitriles is 1. The molecule has 1 aromatic rings. The number of unbranched alkanes of at least 4 members (excludes halogenated alkanes) is 4. The first-order valence-corrected chi connectivity index (χ1v) is 7.08. The molecule has 0 aromatic heterocycles. The van der Waals surface area contributed by atoms with Gasteiger partial charge in [-0.1, -0.05) is 44.7 Å². The number of nitrogens with zero attached hydrogens (tertiary/aromatic N) is 1. The van der Waals surface area contributed by atoms with Gasteiger partial charge in [-0.2, -0.15) is 5.26 Å². The second-order valence-electron chi connectivity index (χ2n) is 4.48. The highest BCUT2D eigenvalue weighted by Crippen LogP contribution is 2.16. The van der Waals surface area contributed by atoms with Gasteiger partial charge >= 0.3 is 0 Å². The van der Waals surface area contributed by atoms with Gasteiger partial charge < -0.3 is 9.47 Å². The molecular weight excluding hydrogens is 238 g/mol. The maximum atomic E-state index is 8.90. The van der Waals surface area contributed by atoms with Crippen LogP contribution >= 0.6 is 0 Å². The molecule has 0 aliphatic rings. The molecule has 0 heterocycles. The van der Waals surface area contributed by atoms with Crippen molar-refractivity contribution in [2.45, 2.75) is 39.0 Å². The van der Waals surface area contributed by atoms with Crippen LogP contribution in [-0.2, 0) is 4.74 Å². The zero-order chi connectivity index (χ0) is 13.8. The van der Waals surface area contributed by atoms with Crippen LogP contribution in [0.2, 0.25) is 0 Å². The fraction of sp³-hybridized carbons (Fsp3) is 0.562. The van der Waals surface area contributed by atoms with Gasteiger partial charge in [-0.3, -0.25) is 0 Å². The first kappa shape index (κ1) is 15.5. The number of rotatable bonds is 10. The van der Waals surface area contributed by atoms with Crippen molar-refractivity contribution in [2.24, 2.45) is 0 Å². The summed E-state index contributed by atoms with van der Waals surface area (Å²) in [6.45, 7) is 4.08. The van der Waals surface area contributed by atoms with Crippen molar-refractivity contribution in [2.75, 3.05) is 19.8 Å². The summed E-state index contributed by atoms with van der Waals surface area (Å²) in [6.07, 6.45) is 6.24. The first-order valence-electron chi connectivity index (χ1n) is 7.08. The van der Waals surface area contributed by atoms with Gasteiger partial charge in [0.1, 0.15) is 18.4 Å². The Balaban J connectivity index is 2.03. The Labute approximate surface area is 116 Å². The lowest BCUT2D eigenvalue weighted by Gasteiger charge is -2.08. The van der Waals surface area contributed by atoms with E-state index in [2.05, 4.69) is 13.0 Å². The van der Waals surface area contributed by atoms with E-state index in [4.69, 9.17) is 14.7 Å². The minimum atomic E-state index is 0.494. The van der Waals surface area contributed by atoms with Crippen LogP contribution in [0.1, 0.15) is 44.6 Å². The van der Waals surface area contributed by atoms with E-state index in [0.29, 0.717) is 24.5 Å². The van der Waals surface area contributed by atoms with Crippen molar-refractivity contribution in [3.8, 4) is 11.8 Å². The van der Waals surface area contributed by atoms with Gasteiger partial charge in [-0.15, -0.1) is 0 Å². The highest BCUT2D eigenvalue weighted by molar-refractivity contribution is 5.42. The Morgan fingerprint density at radius 1 is 1.00 bits per heavy atom. The Hall–Kier alpha value is -1.53. The van der Waals surface area contributed by atoms with E-state index in [1.165, 1.54) is 25.7 Å². The average Bonchev–Trinajstić information content (AvgIpc) is 2.46. The fourth-order valence-corrected chi connectivity index (χ4v) is 1.81. The molecule has 3 heteroatoms. The molecule has 0 radical (unpaired) electrons. The van der Waals surface area contributed by atoms with Crippen molar-refractivity contribution < 1.29 is 9.47 Å². The van der Waals surface area contributed by atoms with Crippen LogP contribution in [0.25, 0.3) is 0 Å². The van der Waals surface area contributed by atoms with Gasteiger partial charge in [0.15, 0.2) is 0 Å². The maximum Gasteiger partial charge on any atom is 0.137 e. The largest absolute Gasteiger partial charge is 0.490 e. The third-order valence-electron chi connectivity index (χ3n) is 2.88. The zero-order valence-corrected chi connectivity index (χ0v) is 11.7. The molecule has 0 spiro atoms. The molecule has 19 heavy (non-hydrogen) atoms. The molecule has 0 fully saturated rings. The molecule has 1 aromatic carbocycles. The van der Waals surface area contributed by atoms with E-state index in [1.54, 1.807) is 6.07 Å². The summed E-state index contributed by atoms with van der Waals surface area (Å²) >= 11 is 0. The Morgan fingerprint density at radius 3 is 2.58 bits per heavy atom. The summed E-state index contributed by atoms with van der Waals surface area (Å²) in [5.41, 5.74) is 0.571. The van der Waals surface area contributed by atoms with Crippen LogP contribution in [0.4, 0.5) is 0 Å². The molecule has 3 nitrogen and oxygen atoms in total. The number of benzene rings is 1. The third kappa shape index (κ3) is 6.83. The van der Waals surface area contributed by atoms with E-state index in [-0.39, 0.29) is 0 Å². The molecule has 0 saturated carbocycles. The van der Waals surface area contributed by atoms with Crippen LogP contribution in [0, 0.1) is 11.3 Å². The predicted octanol–water partition coefficient (Wildman–Crippen LogP) is 3.92. The van der Waals surface area contributed by atoms with Crippen molar-refractivity contribution in [1.29, 1.82) is 5.26 Å². The van der Waals surface area contributed by atoms with Crippen molar-refractivity contribution >= 4 is 0 Å². The monoisotopic (exact) mass is 261 g/mol. The lowest BCUT2D eigenvalue weighted by molar-refractivity contribution is 0.0970. The lowest BCUT2D eigenvalue weighted by Crippen LogP contribution is -2.08. The van der Waals surface area contributed by atoms with Crippen LogP contribution in [0.5, 0.6) is 5.75 Å². The summed E-state index contributed by atoms with van der Waals surface area (Å²) < 4.78 is 11.0. The van der Waals surface area contributed by atoms with E-state index < -0.39 is 0 Å². The molecule has 104 valence electrons. The normalized spacial score (nSPS) is 10.1. The Bertz CT molecular complexity index is 385. The summed E-state index contributed by atoms with van der Waals surface area (Å²) in [5, 5.41) is 8.90. The molecule has 0 atom stereocenters. The van der Waals surface area contributed by atoms with Gasteiger partial charge in [0.25, 0.3) is 0 Å². The lowest BCUT2D eigenvalue weighted by atomic mass is 10.2. The van der Waals surface area contributed by atoms with Crippen LogP contribution in [0.3, 0.4) is 0 Å². The molecule has 1 rings (SSSR count). The number of ether oxygens (including phenoxy) is 2. The van der Waals surface area contributed by atoms with E-state index in [9.17, 15) is 0 Å². The molecule has 0 saturated heterocycles.